The van der Waals surface area contributed by atoms with E-state index in [1.54, 1.807) is 6.20 Å². The van der Waals surface area contributed by atoms with E-state index in [1.165, 1.54) is 0 Å². The number of H-pyrrole nitrogens is 2. The van der Waals surface area contributed by atoms with Crippen LogP contribution in [0.1, 0.15) is 27.4 Å². The molecular formula is C17H16ClN5O. The average Bonchev–Trinajstić information content (AvgIpc) is 3.20. The first-order chi connectivity index (χ1) is 11.6. The zero-order chi connectivity index (χ0) is 16.7. The minimum atomic E-state index is -0.0659. The lowest BCUT2D eigenvalue weighted by atomic mass is 10.1. The summed E-state index contributed by atoms with van der Waals surface area (Å²) in [6, 6.07) is 7.41. The number of fused-ring (bicyclic) bond motifs is 1. The third-order valence-corrected chi connectivity index (χ3v) is 4.51. The normalized spacial score (nSPS) is 13.8. The van der Waals surface area contributed by atoms with E-state index in [4.69, 9.17) is 11.6 Å². The highest BCUT2D eigenvalue weighted by atomic mass is 35.5. The predicted molar refractivity (Wildman–Crippen MR) is 90.8 cm³/mol. The van der Waals surface area contributed by atoms with Gasteiger partial charge < -0.3 is 9.88 Å². The van der Waals surface area contributed by atoms with Gasteiger partial charge in [0.25, 0.3) is 5.91 Å². The van der Waals surface area contributed by atoms with Crippen LogP contribution < -0.4 is 0 Å². The van der Waals surface area contributed by atoms with Gasteiger partial charge in [-0.25, -0.2) is 4.98 Å². The maximum absolute atomic E-state index is 12.9. The Hall–Kier alpha value is -2.60. The van der Waals surface area contributed by atoms with E-state index in [0.717, 1.165) is 28.9 Å². The molecule has 7 heteroatoms. The van der Waals surface area contributed by atoms with Gasteiger partial charge >= 0.3 is 0 Å². The summed E-state index contributed by atoms with van der Waals surface area (Å²) < 4.78 is 0. The number of halogens is 1. The number of aromatic nitrogens is 4. The zero-order valence-corrected chi connectivity index (χ0v) is 13.9. The van der Waals surface area contributed by atoms with Crippen molar-refractivity contribution >= 4 is 17.5 Å². The number of aromatic amines is 2. The van der Waals surface area contributed by atoms with Crippen molar-refractivity contribution < 1.29 is 4.79 Å². The van der Waals surface area contributed by atoms with Gasteiger partial charge in [0.1, 0.15) is 11.5 Å². The summed E-state index contributed by atoms with van der Waals surface area (Å²) in [5.41, 5.74) is 4.25. The smallest absolute Gasteiger partial charge is 0.274 e. The Morgan fingerprint density at radius 1 is 1.38 bits per heavy atom. The molecule has 1 aliphatic rings. The molecule has 0 aliphatic carbocycles. The molecule has 1 aliphatic heterocycles. The third kappa shape index (κ3) is 2.59. The van der Waals surface area contributed by atoms with Gasteiger partial charge in [-0.1, -0.05) is 23.7 Å². The standard InChI is InChI=1S/C17H16ClN5O/c1-10-15(21-16(20-10)11-3-2-4-13(18)7-11)17(24)23-6-5-14-12(9-23)8-19-22-14/h2-4,7-8H,5-6,9H2,1H3,(H,19,22)(H,20,21). The lowest BCUT2D eigenvalue weighted by molar-refractivity contribution is 0.0728. The minimum absolute atomic E-state index is 0.0659. The van der Waals surface area contributed by atoms with E-state index >= 15 is 0 Å². The summed E-state index contributed by atoms with van der Waals surface area (Å²) in [5.74, 6) is 0.586. The Labute approximate surface area is 143 Å². The van der Waals surface area contributed by atoms with Crippen LogP contribution in [0.15, 0.2) is 30.5 Å². The van der Waals surface area contributed by atoms with Gasteiger partial charge in [-0.2, -0.15) is 5.10 Å². The molecule has 0 saturated heterocycles. The SMILES string of the molecule is Cc1[nH]c(-c2cccc(Cl)c2)nc1C(=O)N1CCc2[nH]ncc2C1. The third-order valence-electron chi connectivity index (χ3n) is 4.27. The second-order valence-corrected chi connectivity index (χ2v) is 6.36. The Morgan fingerprint density at radius 2 is 2.25 bits per heavy atom. The van der Waals surface area contributed by atoms with Crippen LogP contribution >= 0.6 is 11.6 Å². The molecule has 0 saturated carbocycles. The number of hydrogen-bond donors (Lipinski definition) is 2. The van der Waals surface area contributed by atoms with Gasteiger partial charge in [-0.15, -0.1) is 0 Å². The van der Waals surface area contributed by atoms with Crippen LogP contribution in [0.4, 0.5) is 0 Å². The first-order valence-electron chi connectivity index (χ1n) is 7.75. The Kier molecular flexibility index (Phi) is 3.61. The van der Waals surface area contributed by atoms with Crippen molar-refractivity contribution in [2.75, 3.05) is 6.54 Å². The first-order valence-corrected chi connectivity index (χ1v) is 8.12. The van der Waals surface area contributed by atoms with Crippen LogP contribution in [0.2, 0.25) is 5.02 Å². The molecule has 2 aromatic heterocycles. The number of benzene rings is 1. The highest BCUT2D eigenvalue weighted by Crippen LogP contribution is 2.23. The number of aryl methyl sites for hydroxylation is 1. The van der Waals surface area contributed by atoms with Crippen LogP contribution in [0.5, 0.6) is 0 Å². The van der Waals surface area contributed by atoms with E-state index in [0.29, 0.717) is 29.6 Å². The summed E-state index contributed by atoms with van der Waals surface area (Å²) in [5, 5.41) is 7.66. The van der Waals surface area contributed by atoms with Gasteiger partial charge in [0.15, 0.2) is 0 Å². The second-order valence-electron chi connectivity index (χ2n) is 5.92. The lowest BCUT2D eigenvalue weighted by Crippen LogP contribution is -2.36. The van der Waals surface area contributed by atoms with E-state index < -0.39 is 0 Å². The van der Waals surface area contributed by atoms with Gasteiger partial charge in [0.2, 0.25) is 0 Å². The van der Waals surface area contributed by atoms with Crippen molar-refractivity contribution in [3.8, 4) is 11.4 Å². The fraction of sp³-hybridized carbons (Fsp3) is 0.235. The van der Waals surface area contributed by atoms with Crippen LogP contribution in [0.25, 0.3) is 11.4 Å². The first kappa shape index (κ1) is 15.0. The molecule has 3 aromatic rings. The molecule has 0 spiro atoms. The number of nitrogens with one attached hydrogen (secondary N) is 2. The topological polar surface area (TPSA) is 77.7 Å². The molecule has 0 atom stereocenters. The van der Waals surface area contributed by atoms with Crippen molar-refractivity contribution in [2.24, 2.45) is 0 Å². The van der Waals surface area contributed by atoms with Crippen LogP contribution in [-0.4, -0.2) is 37.5 Å². The second kappa shape index (κ2) is 5.79. The van der Waals surface area contributed by atoms with Crippen molar-refractivity contribution in [1.29, 1.82) is 0 Å². The lowest BCUT2D eigenvalue weighted by Gasteiger charge is -2.26. The van der Waals surface area contributed by atoms with Crippen LogP contribution in [-0.2, 0) is 13.0 Å². The molecule has 122 valence electrons. The summed E-state index contributed by atoms with van der Waals surface area (Å²) in [7, 11) is 0. The van der Waals surface area contributed by atoms with Crippen LogP contribution in [0.3, 0.4) is 0 Å². The number of carbonyl (C=O) groups is 1. The van der Waals surface area contributed by atoms with Crippen molar-refractivity contribution in [1.82, 2.24) is 25.1 Å². The van der Waals surface area contributed by atoms with E-state index in [9.17, 15) is 4.79 Å². The highest BCUT2D eigenvalue weighted by Gasteiger charge is 2.26. The monoisotopic (exact) mass is 341 g/mol. The zero-order valence-electron chi connectivity index (χ0n) is 13.1. The molecule has 0 unspecified atom stereocenters. The van der Waals surface area contributed by atoms with Crippen molar-refractivity contribution in [3.63, 3.8) is 0 Å². The van der Waals surface area contributed by atoms with Crippen molar-refractivity contribution in [3.05, 3.63) is 58.1 Å². The Balaban J connectivity index is 1.62. The number of carbonyl (C=O) groups excluding carboxylic acids is 1. The van der Waals surface area contributed by atoms with Gasteiger partial charge in [0, 0.05) is 47.0 Å². The maximum atomic E-state index is 12.9. The molecule has 6 nitrogen and oxygen atoms in total. The molecule has 24 heavy (non-hydrogen) atoms. The number of amides is 1. The molecular weight excluding hydrogens is 326 g/mol. The fourth-order valence-corrected chi connectivity index (χ4v) is 3.18. The Morgan fingerprint density at radius 3 is 3.08 bits per heavy atom. The van der Waals surface area contributed by atoms with Crippen LogP contribution in [0, 0.1) is 6.92 Å². The Bertz CT molecular complexity index is 913. The molecule has 2 N–H and O–H groups in total. The highest BCUT2D eigenvalue weighted by molar-refractivity contribution is 6.30. The number of rotatable bonds is 2. The molecule has 1 aromatic carbocycles. The molecule has 1 amide bonds. The molecule has 0 fully saturated rings. The van der Waals surface area contributed by atoms with E-state index in [-0.39, 0.29) is 5.91 Å². The molecule has 0 radical (unpaired) electrons. The number of hydrogen-bond acceptors (Lipinski definition) is 3. The van der Waals surface area contributed by atoms with E-state index in [2.05, 4.69) is 20.2 Å². The summed E-state index contributed by atoms with van der Waals surface area (Å²) >= 11 is 6.04. The van der Waals surface area contributed by atoms with Gasteiger partial charge in [0.05, 0.1) is 6.20 Å². The summed E-state index contributed by atoms with van der Waals surface area (Å²) in [6.45, 7) is 3.08. The van der Waals surface area contributed by atoms with Crippen molar-refractivity contribution in [2.45, 2.75) is 19.9 Å². The van der Waals surface area contributed by atoms with Gasteiger partial charge in [-0.05, 0) is 19.1 Å². The summed E-state index contributed by atoms with van der Waals surface area (Å²) in [4.78, 5) is 22.4. The largest absolute Gasteiger partial charge is 0.341 e. The van der Waals surface area contributed by atoms with Gasteiger partial charge in [-0.3, -0.25) is 9.89 Å². The predicted octanol–water partition coefficient (Wildman–Crippen LogP) is 2.96. The molecule has 4 rings (SSSR count). The maximum Gasteiger partial charge on any atom is 0.274 e. The number of imidazole rings is 1. The minimum Gasteiger partial charge on any atom is -0.341 e. The number of nitrogens with zero attached hydrogens (tertiary/aromatic N) is 3. The fourth-order valence-electron chi connectivity index (χ4n) is 2.99. The average molecular weight is 342 g/mol. The quantitative estimate of drug-likeness (QED) is 0.752. The summed E-state index contributed by atoms with van der Waals surface area (Å²) in [6.07, 6.45) is 2.56. The molecule has 0 bridgehead atoms. The van der Waals surface area contributed by atoms with E-state index in [1.807, 2.05) is 36.1 Å². The molecule has 3 heterocycles.